The molecule has 0 saturated carbocycles. The van der Waals surface area contributed by atoms with E-state index < -0.39 is 0 Å². The van der Waals surface area contributed by atoms with Gasteiger partial charge in [0.1, 0.15) is 0 Å². The highest BCUT2D eigenvalue weighted by molar-refractivity contribution is 5.74. The van der Waals surface area contributed by atoms with Crippen LogP contribution in [0.5, 0.6) is 0 Å². The lowest BCUT2D eigenvalue weighted by molar-refractivity contribution is 0.138. The molecule has 0 aromatic heterocycles. The van der Waals surface area contributed by atoms with E-state index in [0.29, 0.717) is 12.5 Å². The van der Waals surface area contributed by atoms with Crippen molar-refractivity contribution < 1.29 is 4.79 Å². The summed E-state index contributed by atoms with van der Waals surface area (Å²) >= 11 is 0. The molecule has 2 N–H and O–H groups in total. The fourth-order valence-corrected chi connectivity index (χ4v) is 2.27. The van der Waals surface area contributed by atoms with E-state index in [2.05, 4.69) is 13.8 Å². The van der Waals surface area contributed by atoms with Gasteiger partial charge in [0.05, 0.1) is 0 Å². The van der Waals surface area contributed by atoms with Gasteiger partial charge < -0.3 is 15.5 Å². The van der Waals surface area contributed by atoms with Crippen LogP contribution < -0.4 is 5.73 Å². The number of piperidine rings is 1. The zero-order chi connectivity index (χ0) is 12.7. The van der Waals surface area contributed by atoms with E-state index in [1.807, 2.05) is 9.80 Å². The lowest BCUT2D eigenvalue weighted by Crippen LogP contribution is -2.47. The van der Waals surface area contributed by atoms with Gasteiger partial charge in [-0.15, -0.1) is 0 Å². The Balaban J connectivity index is 2.50. The maximum absolute atomic E-state index is 12.4. The minimum absolute atomic E-state index is 0.215. The van der Waals surface area contributed by atoms with E-state index >= 15 is 0 Å². The summed E-state index contributed by atoms with van der Waals surface area (Å²) in [4.78, 5) is 16.3. The molecule has 1 heterocycles. The number of hydrogen-bond acceptors (Lipinski definition) is 2. The highest BCUT2D eigenvalue weighted by Gasteiger charge is 2.22. The zero-order valence-corrected chi connectivity index (χ0v) is 11.3. The normalized spacial score (nSPS) is 16.4. The number of amides is 2. The smallest absolute Gasteiger partial charge is 0.320 e. The first kappa shape index (κ1) is 14.3. The highest BCUT2D eigenvalue weighted by Crippen LogP contribution is 2.12. The Bertz CT molecular complexity index is 225. The molecule has 4 nitrogen and oxygen atoms in total. The summed E-state index contributed by atoms with van der Waals surface area (Å²) in [7, 11) is 0. The van der Waals surface area contributed by atoms with Gasteiger partial charge >= 0.3 is 6.03 Å². The van der Waals surface area contributed by atoms with Crippen LogP contribution in [0.25, 0.3) is 0 Å². The van der Waals surface area contributed by atoms with Gasteiger partial charge in [-0.1, -0.05) is 13.8 Å². The first-order valence-corrected chi connectivity index (χ1v) is 6.89. The molecule has 0 aliphatic carbocycles. The summed E-state index contributed by atoms with van der Waals surface area (Å²) in [6.45, 7) is 8.45. The second-order valence-corrected chi connectivity index (χ2v) is 5.31. The standard InChI is InChI=1S/C13H27N3O/c1-12(2)11-16(10-6-7-14)13(17)15-8-4-3-5-9-15/h12H,3-11,14H2,1-2H3. The van der Waals surface area contributed by atoms with Crippen molar-refractivity contribution in [3.63, 3.8) is 0 Å². The fraction of sp³-hybridized carbons (Fsp3) is 0.923. The van der Waals surface area contributed by atoms with Crippen molar-refractivity contribution in [2.75, 3.05) is 32.7 Å². The maximum atomic E-state index is 12.4. The molecule has 1 rings (SSSR count). The third-order valence-corrected chi connectivity index (χ3v) is 3.11. The Labute approximate surface area is 105 Å². The lowest BCUT2D eigenvalue weighted by atomic mass is 10.1. The van der Waals surface area contributed by atoms with Crippen molar-refractivity contribution in [1.29, 1.82) is 0 Å². The molecule has 17 heavy (non-hydrogen) atoms. The van der Waals surface area contributed by atoms with Crippen molar-refractivity contribution >= 4 is 6.03 Å². The van der Waals surface area contributed by atoms with Crippen molar-refractivity contribution in [1.82, 2.24) is 9.80 Å². The van der Waals surface area contributed by atoms with E-state index in [9.17, 15) is 4.79 Å². The Morgan fingerprint density at radius 2 is 1.94 bits per heavy atom. The molecule has 1 fully saturated rings. The average molecular weight is 241 g/mol. The third kappa shape index (κ3) is 4.94. The molecule has 0 spiro atoms. The van der Waals surface area contributed by atoms with Crippen LogP contribution in [0.1, 0.15) is 39.5 Å². The first-order chi connectivity index (χ1) is 8.15. The number of urea groups is 1. The molecule has 0 aromatic carbocycles. The van der Waals surface area contributed by atoms with Crippen LogP contribution in [0.15, 0.2) is 0 Å². The van der Waals surface area contributed by atoms with Gasteiger partial charge in [-0.25, -0.2) is 4.79 Å². The second-order valence-electron chi connectivity index (χ2n) is 5.31. The van der Waals surface area contributed by atoms with E-state index in [-0.39, 0.29) is 6.03 Å². The second kappa shape index (κ2) is 7.54. The quantitative estimate of drug-likeness (QED) is 0.799. The SMILES string of the molecule is CC(C)CN(CCCN)C(=O)N1CCCCC1. The summed E-state index contributed by atoms with van der Waals surface area (Å²) in [5, 5.41) is 0. The van der Waals surface area contributed by atoms with Crippen molar-refractivity contribution in [3.05, 3.63) is 0 Å². The summed E-state index contributed by atoms with van der Waals surface area (Å²) < 4.78 is 0. The molecule has 0 unspecified atom stereocenters. The third-order valence-electron chi connectivity index (χ3n) is 3.11. The number of nitrogens with zero attached hydrogens (tertiary/aromatic N) is 2. The van der Waals surface area contributed by atoms with Gasteiger partial charge in [0, 0.05) is 26.2 Å². The van der Waals surface area contributed by atoms with E-state index in [1.165, 1.54) is 6.42 Å². The molecule has 1 aliphatic rings. The molecule has 1 saturated heterocycles. The molecular formula is C13H27N3O. The van der Waals surface area contributed by atoms with Crippen LogP contribution in [0.3, 0.4) is 0 Å². The highest BCUT2D eigenvalue weighted by atomic mass is 16.2. The number of carbonyl (C=O) groups is 1. The van der Waals surface area contributed by atoms with Gasteiger partial charge in [0.2, 0.25) is 0 Å². The number of rotatable bonds is 5. The van der Waals surface area contributed by atoms with Crippen LogP contribution in [0, 0.1) is 5.92 Å². The monoisotopic (exact) mass is 241 g/mol. The Morgan fingerprint density at radius 3 is 2.47 bits per heavy atom. The topological polar surface area (TPSA) is 49.6 Å². The van der Waals surface area contributed by atoms with Crippen LogP contribution >= 0.6 is 0 Å². The van der Waals surface area contributed by atoms with Crippen molar-refractivity contribution in [2.45, 2.75) is 39.5 Å². The van der Waals surface area contributed by atoms with E-state index in [1.54, 1.807) is 0 Å². The molecule has 0 bridgehead atoms. The van der Waals surface area contributed by atoms with E-state index in [4.69, 9.17) is 5.73 Å². The Morgan fingerprint density at radius 1 is 1.29 bits per heavy atom. The minimum atomic E-state index is 0.215. The molecule has 2 amide bonds. The van der Waals surface area contributed by atoms with Gasteiger partial charge in [0.25, 0.3) is 0 Å². The molecule has 100 valence electrons. The van der Waals surface area contributed by atoms with Gasteiger partial charge in [-0.05, 0) is 38.1 Å². The number of nitrogens with two attached hydrogens (primary N) is 1. The summed E-state index contributed by atoms with van der Waals surface area (Å²) in [6, 6.07) is 0.215. The van der Waals surface area contributed by atoms with E-state index in [0.717, 1.165) is 45.4 Å². The molecular weight excluding hydrogens is 214 g/mol. The number of hydrogen-bond donors (Lipinski definition) is 1. The maximum Gasteiger partial charge on any atom is 0.320 e. The van der Waals surface area contributed by atoms with Gasteiger partial charge in [-0.3, -0.25) is 0 Å². The lowest BCUT2D eigenvalue weighted by Gasteiger charge is -2.33. The van der Waals surface area contributed by atoms with Gasteiger partial charge in [-0.2, -0.15) is 0 Å². The van der Waals surface area contributed by atoms with Crippen LogP contribution in [0.4, 0.5) is 4.79 Å². The summed E-state index contributed by atoms with van der Waals surface area (Å²) in [6.07, 6.45) is 4.46. The van der Waals surface area contributed by atoms with Gasteiger partial charge in [0.15, 0.2) is 0 Å². The van der Waals surface area contributed by atoms with Crippen LogP contribution in [-0.4, -0.2) is 48.6 Å². The molecule has 0 radical (unpaired) electrons. The predicted molar refractivity (Wildman–Crippen MR) is 70.9 cm³/mol. The molecule has 0 atom stereocenters. The fourth-order valence-electron chi connectivity index (χ4n) is 2.27. The summed E-state index contributed by atoms with van der Waals surface area (Å²) in [5.74, 6) is 0.515. The van der Waals surface area contributed by atoms with Crippen molar-refractivity contribution in [3.8, 4) is 0 Å². The average Bonchev–Trinajstić information content (AvgIpc) is 2.34. The minimum Gasteiger partial charge on any atom is -0.330 e. The zero-order valence-electron chi connectivity index (χ0n) is 11.3. The largest absolute Gasteiger partial charge is 0.330 e. The number of carbonyl (C=O) groups excluding carboxylic acids is 1. The van der Waals surface area contributed by atoms with Crippen molar-refractivity contribution in [2.24, 2.45) is 11.7 Å². The van der Waals surface area contributed by atoms with Crippen LogP contribution in [0.2, 0.25) is 0 Å². The molecule has 1 aliphatic heterocycles. The molecule has 4 heteroatoms. The predicted octanol–water partition coefficient (Wildman–Crippen LogP) is 1.90. The summed E-state index contributed by atoms with van der Waals surface area (Å²) in [5.41, 5.74) is 5.53. The first-order valence-electron chi connectivity index (χ1n) is 6.89. The Hall–Kier alpha value is -0.770. The molecule has 0 aromatic rings. The number of likely N-dealkylation sites (tertiary alicyclic amines) is 1. The Kier molecular flexibility index (Phi) is 6.34. The van der Waals surface area contributed by atoms with Crippen LogP contribution in [-0.2, 0) is 0 Å².